The Hall–Kier alpha value is -3.20. The Bertz CT molecular complexity index is 861. The number of hydrogen-bond donors (Lipinski definition) is 2. The van der Waals surface area contributed by atoms with Crippen LogP contribution in [0.3, 0.4) is 0 Å². The molecule has 162 valence electrons. The number of ether oxygens (including phenoxy) is 3. The third-order valence-corrected chi connectivity index (χ3v) is 3.98. The van der Waals surface area contributed by atoms with Crippen molar-refractivity contribution in [1.82, 2.24) is 5.32 Å². The van der Waals surface area contributed by atoms with Crippen LogP contribution in [0.15, 0.2) is 42.5 Å². The Balaban J connectivity index is 2.01. The Kier molecular flexibility index (Phi) is 9.02. The van der Waals surface area contributed by atoms with Crippen LogP contribution in [-0.4, -0.2) is 45.3 Å². The van der Waals surface area contributed by atoms with Gasteiger partial charge in [0, 0.05) is 36.6 Å². The van der Waals surface area contributed by atoms with Gasteiger partial charge in [0.15, 0.2) is 11.5 Å². The molecule has 2 amide bonds. The maximum Gasteiger partial charge on any atom is 0.387 e. The number of methoxy groups -OCH3 is 1. The van der Waals surface area contributed by atoms with Gasteiger partial charge < -0.3 is 24.8 Å². The van der Waals surface area contributed by atoms with E-state index in [0.29, 0.717) is 37.4 Å². The normalized spacial score (nSPS) is 10.6. The lowest BCUT2D eigenvalue weighted by Crippen LogP contribution is -2.25. The fraction of sp³-hybridized carbons (Fsp3) is 0.333. The van der Waals surface area contributed by atoms with Crippen molar-refractivity contribution in [1.29, 1.82) is 0 Å². The largest absolute Gasteiger partial charge is 0.493 e. The summed E-state index contributed by atoms with van der Waals surface area (Å²) in [5.41, 5.74) is 0.982. The van der Waals surface area contributed by atoms with Gasteiger partial charge in [0.2, 0.25) is 0 Å². The molecular weight excluding hydrogens is 398 g/mol. The molecule has 0 fully saturated rings. The zero-order valence-electron chi connectivity index (χ0n) is 16.7. The van der Waals surface area contributed by atoms with E-state index in [2.05, 4.69) is 15.4 Å². The molecule has 2 aromatic rings. The van der Waals surface area contributed by atoms with Crippen molar-refractivity contribution in [2.24, 2.45) is 0 Å². The molecule has 0 aromatic heterocycles. The monoisotopic (exact) mass is 422 g/mol. The van der Waals surface area contributed by atoms with Crippen LogP contribution in [0.4, 0.5) is 14.5 Å². The maximum absolute atomic E-state index is 12.5. The van der Waals surface area contributed by atoms with Gasteiger partial charge in [-0.2, -0.15) is 8.78 Å². The van der Waals surface area contributed by atoms with Crippen molar-refractivity contribution in [3.05, 3.63) is 53.6 Å². The van der Waals surface area contributed by atoms with E-state index in [0.717, 1.165) is 0 Å². The highest BCUT2D eigenvalue weighted by atomic mass is 19.3. The third-order valence-electron chi connectivity index (χ3n) is 3.98. The Morgan fingerprint density at radius 3 is 2.50 bits per heavy atom. The van der Waals surface area contributed by atoms with Gasteiger partial charge in [-0.05, 0) is 49.7 Å². The van der Waals surface area contributed by atoms with Gasteiger partial charge >= 0.3 is 6.61 Å². The van der Waals surface area contributed by atoms with E-state index in [4.69, 9.17) is 9.47 Å². The Labute approximate surface area is 173 Å². The van der Waals surface area contributed by atoms with E-state index >= 15 is 0 Å². The van der Waals surface area contributed by atoms with Crippen LogP contribution in [0, 0.1) is 0 Å². The van der Waals surface area contributed by atoms with Gasteiger partial charge in [0.05, 0.1) is 7.11 Å². The molecule has 0 heterocycles. The first-order chi connectivity index (χ1) is 14.4. The zero-order valence-corrected chi connectivity index (χ0v) is 16.7. The lowest BCUT2D eigenvalue weighted by Gasteiger charge is -2.12. The predicted molar refractivity (Wildman–Crippen MR) is 107 cm³/mol. The first-order valence-electron chi connectivity index (χ1n) is 9.34. The summed E-state index contributed by atoms with van der Waals surface area (Å²) in [5.74, 6) is -0.931. The molecule has 0 unspecified atom stereocenters. The van der Waals surface area contributed by atoms with E-state index in [9.17, 15) is 18.4 Å². The Morgan fingerprint density at radius 2 is 1.80 bits per heavy atom. The minimum Gasteiger partial charge on any atom is -0.493 e. The lowest BCUT2D eigenvalue weighted by atomic mass is 10.1. The van der Waals surface area contributed by atoms with Crippen LogP contribution in [0.2, 0.25) is 0 Å². The number of benzene rings is 2. The predicted octanol–water partition coefficient (Wildman–Crippen LogP) is 3.71. The van der Waals surface area contributed by atoms with Crippen LogP contribution in [0.25, 0.3) is 0 Å². The minimum absolute atomic E-state index is 0.00290. The summed E-state index contributed by atoms with van der Waals surface area (Å²) < 4.78 is 39.4. The molecule has 0 bridgehead atoms. The first-order valence-corrected chi connectivity index (χ1v) is 9.34. The smallest absolute Gasteiger partial charge is 0.387 e. The fourth-order valence-electron chi connectivity index (χ4n) is 2.57. The van der Waals surface area contributed by atoms with Crippen LogP contribution in [0.5, 0.6) is 11.5 Å². The molecule has 0 spiro atoms. The second-order valence-electron chi connectivity index (χ2n) is 6.09. The summed E-state index contributed by atoms with van der Waals surface area (Å²) in [6.07, 6.45) is 0.698. The van der Waals surface area contributed by atoms with E-state index in [1.54, 1.807) is 24.3 Å². The molecule has 0 aliphatic heterocycles. The molecule has 2 aromatic carbocycles. The number of nitrogens with one attached hydrogen (secondary N) is 2. The second-order valence-corrected chi connectivity index (χ2v) is 6.09. The summed E-state index contributed by atoms with van der Waals surface area (Å²) in [5, 5.41) is 5.45. The highest BCUT2D eigenvalue weighted by Crippen LogP contribution is 2.29. The summed E-state index contributed by atoms with van der Waals surface area (Å²) in [6.45, 7) is 0.565. The number of alkyl halides is 2. The Morgan fingerprint density at radius 1 is 1.03 bits per heavy atom. The van der Waals surface area contributed by atoms with E-state index in [1.165, 1.54) is 25.3 Å². The van der Waals surface area contributed by atoms with Gasteiger partial charge in [-0.1, -0.05) is 6.07 Å². The van der Waals surface area contributed by atoms with Crippen molar-refractivity contribution in [3.8, 4) is 11.5 Å². The maximum atomic E-state index is 12.5. The van der Waals surface area contributed by atoms with Crippen LogP contribution in [0.1, 0.15) is 34.1 Å². The molecule has 9 heteroatoms. The van der Waals surface area contributed by atoms with E-state index < -0.39 is 12.5 Å². The van der Waals surface area contributed by atoms with E-state index in [1.807, 2.05) is 6.92 Å². The number of halogens is 2. The highest BCUT2D eigenvalue weighted by molar-refractivity contribution is 6.05. The molecule has 2 N–H and O–H groups in total. The van der Waals surface area contributed by atoms with E-state index in [-0.39, 0.29) is 23.0 Å². The molecule has 0 atom stereocenters. The van der Waals surface area contributed by atoms with Crippen molar-refractivity contribution < 1.29 is 32.6 Å². The second kappa shape index (κ2) is 11.7. The van der Waals surface area contributed by atoms with Gasteiger partial charge in [-0.3, -0.25) is 9.59 Å². The molecule has 0 radical (unpaired) electrons. The molecule has 0 saturated heterocycles. The summed E-state index contributed by atoms with van der Waals surface area (Å²) in [6, 6.07) is 10.3. The molecule has 0 aliphatic rings. The number of amides is 2. The third kappa shape index (κ3) is 7.00. The molecule has 2 rings (SSSR count). The number of carbonyl (C=O) groups is 2. The summed E-state index contributed by atoms with van der Waals surface area (Å²) >= 11 is 0. The molecule has 30 heavy (non-hydrogen) atoms. The lowest BCUT2D eigenvalue weighted by molar-refractivity contribution is -0.0512. The first kappa shape index (κ1) is 23.1. The van der Waals surface area contributed by atoms with Gasteiger partial charge in [-0.15, -0.1) is 0 Å². The topological polar surface area (TPSA) is 85.9 Å². The summed E-state index contributed by atoms with van der Waals surface area (Å²) in [4.78, 5) is 24.7. The number of rotatable bonds is 11. The quantitative estimate of drug-likeness (QED) is 0.540. The van der Waals surface area contributed by atoms with Crippen molar-refractivity contribution in [2.45, 2.75) is 20.0 Å². The van der Waals surface area contributed by atoms with Crippen LogP contribution in [-0.2, 0) is 4.74 Å². The fourth-order valence-corrected chi connectivity index (χ4v) is 2.57. The number of hydrogen-bond acceptors (Lipinski definition) is 5. The molecule has 7 nitrogen and oxygen atoms in total. The molecule has 0 aliphatic carbocycles. The average molecular weight is 422 g/mol. The van der Waals surface area contributed by atoms with Crippen molar-refractivity contribution in [3.63, 3.8) is 0 Å². The van der Waals surface area contributed by atoms with Crippen LogP contribution >= 0.6 is 0 Å². The molecule has 0 saturated carbocycles. The van der Waals surface area contributed by atoms with Gasteiger partial charge in [0.1, 0.15) is 0 Å². The van der Waals surface area contributed by atoms with Gasteiger partial charge in [0.25, 0.3) is 11.8 Å². The molecular formula is C21H24F2N2O5. The van der Waals surface area contributed by atoms with Crippen molar-refractivity contribution >= 4 is 17.5 Å². The van der Waals surface area contributed by atoms with Gasteiger partial charge in [-0.25, -0.2) is 0 Å². The summed E-state index contributed by atoms with van der Waals surface area (Å²) in [7, 11) is 1.28. The highest BCUT2D eigenvalue weighted by Gasteiger charge is 2.15. The number of carbonyl (C=O) groups excluding carboxylic acids is 2. The standard InChI is InChI=1S/C21H24F2N2O5/c1-3-29-11-5-10-24-19(26)14-6-4-7-16(12-14)25-20(27)15-8-9-17(30-21(22)23)18(13-15)28-2/h4,6-9,12-13,21H,3,5,10-11H2,1-2H3,(H,24,26)(H,25,27). The van der Waals surface area contributed by atoms with Crippen LogP contribution < -0.4 is 20.1 Å². The number of anilines is 1. The zero-order chi connectivity index (χ0) is 21.9. The minimum atomic E-state index is -3.01. The average Bonchev–Trinajstić information content (AvgIpc) is 2.73. The SMILES string of the molecule is CCOCCCNC(=O)c1cccc(NC(=O)c2ccc(OC(F)F)c(OC)c2)c1. The van der Waals surface area contributed by atoms with Crippen molar-refractivity contribution in [2.75, 3.05) is 32.2 Å².